The van der Waals surface area contributed by atoms with Crippen LogP contribution in [0.2, 0.25) is 0 Å². The summed E-state index contributed by atoms with van der Waals surface area (Å²) >= 11 is 0. The number of allylic oxidation sites excluding steroid dienone is 1. The summed E-state index contributed by atoms with van der Waals surface area (Å²) in [6, 6.07) is 3.85. The summed E-state index contributed by atoms with van der Waals surface area (Å²) in [5.41, 5.74) is 5.32. The van der Waals surface area contributed by atoms with Crippen molar-refractivity contribution in [2.45, 2.75) is 26.7 Å². The van der Waals surface area contributed by atoms with Gasteiger partial charge in [-0.05, 0) is 37.6 Å². The number of halogens is 1. The van der Waals surface area contributed by atoms with Gasteiger partial charge in [0.15, 0.2) is 5.78 Å². The fourth-order valence-corrected chi connectivity index (χ4v) is 3.23. The van der Waals surface area contributed by atoms with Crippen LogP contribution in [0.25, 0.3) is 6.08 Å². The maximum absolute atomic E-state index is 12.6. The first-order valence-electron chi connectivity index (χ1n) is 8.94. The number of Topliss-reactive ketones (excluding diaryl/α,β-unsaturated/α-hetero) is 1. The molecule has 29 heavy (non-hydrogen) atoms. The molecule has 0 spiro atoms. The van der Waals surface area contributed by atoms with Crippen LogP contribution in [0.1, 0.15) is 45.8 Å². The SMILES string of the molecule is COC(=O)CCC(=O)c1c(C)[nH]c(/C=C2\N=C(c3ccc[nH]3)C=C2OC)c1C.Cl. The van der Waals surface area contributed by atoms with E-state index < -0.39 is 5.97 Å². The second kappa shape index (κ2) is 9.43. The van der Waals surface area contributed by atoms with Crippen LogP contribution in [-0.2, 0) is 14.3 Å². The predicted molar refractivity (Wildman–Crippen MR) is 113 cm³/mol. The average Bonchev–Trinajstić information content (AvgIpc) is 3.39. The van der Waals surface area contributed by atoms with E-state index in [1.165, 1.54) is 7.11 Å². The zero-order valence-corrected chi connectivity index (χ0v) is 17.6. The molecule has 1 aliphatic heterocycles. The fraction of sp³-hybridized carbons (Fsp3) is 0.286. The lowest BCUT2D eigenvalue weighted by atomic mass is 10.0. The molecule has 1 aliphatic rings. The Balaban J connectivity index is 0.00000300. The van der Waals surface area contributed by atoms with Crippen molar-refractivity contribution in [3.8, 4) is 0 Å². The van der Waals surface area contributed by atoms with Gasteiger partial charge in [0.25, 0.3) is 0 Å². The Morgan fingerprint density at radius 2 is 1.97 bits per heavy atom. The number of H-pyrrole nitrogens is 2. The van der Waals surface area contributed by atoms with Crippen molar-refractivity contribution in [3.63, 3.8) is 0 Å². The van der Waals surface area contributed by atoms with Crippen molar-refractivity contribution in [1.29, 1.82) is 0 Å². The molecule has 3 heterocycles. The van der Waals surface area contributed by atoms with Crippen molar-refractivity contribution < 1.29 is 19.1 Å². The minimum Gasteiger partial charge on any atom is -0.494 e. The Kier molecular flexibility index (Phi) is 7.23. The third kappa shape index (κ3) is 4.68. The van der Waals surface area contributed by atoms with Gasteiger partial charge in [-0.3, -0.25) is 9.59 Å². The standard InChI is InChI=1S/C21H23N3O4.ClH/c1-12-15(23-13(2)21(12)18(25)7-8-20(26)28-4)10-17-19(27-3)11-16(24-17)14-6-5-9-22-14;/h5-6,9-11,22-23H,7-8H2,1-4H3;1H/b17-10-;. The number of aliphatic imine (C=N–C) groups is 1. The molecule has 0 saturated heterocycles. The van der Waals surface area contributed by atoms with Gasteiger partial charge in [0, 0.05) is 35.6 Å². The van der Waals surface area contributed by atoms with E-state index in [4.69, 9.17) is 4.74 Å². The lowest BCUT2D eigenvalue weighted by molar-refractivity contribution is -0.140. The Hall–Kier alpha value is -3.06. The highest BCUT2D eigenvalue weighted by Crippen LogP contribution is 2.28. The highest BCUT2D eigenvalue weighted by Gasteiger charge is 2.21. The largest absolute Gasteiger partial charge is 0.494 e. The number of carbonyl (C=O) groups excluding carboxylic acids is 2. The zero-order chi connectivity index (χ0) is 20.3. The molecule has 8 heteroatoms. The van der Waals surface area contributed by atoms with E-state index in [1.54, 1.807) is 7.11 Å². The Morgan fingerprint density at radius 1 is 1.21 bits per heavy atom. The third-order valence-electron chi connectivity index (χ3n) is 4.67. The topological polar surface area (TPSA) is 96.5 Å². The maximum atomic E-state index is 12.6. The van der Waals surface area contributed by atoms with E-state index in [9.17, 15) is 9.59 Å². The number of aryl methyl sites for hydroxylation is 1. The molecule has 0 unspecified atom stereocenters. The number of rotatable bonds is 7. The Labute approximate surface area is 175 Å². The van der Waals surface area contributed by atoms with Gasteiger partial charge in [0.2, 0.25) is 0 Å². The summed E-state index contributed by atoms with van der Waals surface area (Å²) < 4.78 is 10.1. The summed E-state index contributed by atoms with van der Waals surface area (Å²) in [6.07, 6.45) is 5.75. The Bertz CT molecular complexity index is 998. The van der Waals surface area contributed by atoms with Gasteiger partial charge in [0.1, 0.15) is 11.5 Å². The van der Waals surface area contributed by atoms with Crippen molar-refractivity contribution >= 4 is 35.9 Å². The highest BCUT2D eigenvalue weighted by atomic mass is 35.5. The highest BCUT2D eigenvalue weighted by molar-refractivity contribution is 6.11. The van der Waals surface area contributed by atoms with E-state index in [-0.39, 0.29) is 31.0 Å². The molecule has 0 fully saturated rings. The minimum atomic E-state index is -0.395. The smallest absolute Gasteiger partial charge is 0.305 e. The van der Waals surface area contributed by atoms with Gasteiger partial charge < -0.3 is 19.4 Å². The quantitative estimate of drug-likeness (QED) is 0.527. The van der Waals surface area contributed by atoms with Crippen molar-refractivity contribution in [3.05, 3.63) is 64.1 Å². The Morgan fingerprint density at radius 3 is 2.59 bits per heavy atom. The molecule has 0 saturated carbocycles. The van der Waals surface area contributed by atoms with E-state index in [0.717, 1.165) is 28.4 Å². The van der Waals surface area contributed by atoms with Crippen LogP contribution in [0.5, 0.6) is 0 Å². The maximum Gasteiger partial charge on any atom is 0.305 e. The number of aromatic amines is 2. The van der Waals surface area contributed by atoms with E-state index in [1.807, 2.05) is 44.3 Å². The van der Waals surface area contributed by atoms with E-state index in [2.05, 4.69) is 19.7 Å². The molecule has 2 aromatic heterocycles. The monoisotopic (exact) mass is 417 g/mol. The summed E-state index contributed by atoms with van der Waals surface area (Å²) in [4.78, 5) is 34.9. The number of nitrogens with one attached hydrogen (secondary N) is 2. The normalized spacial score (nSPS) is 14.3. The summed E-state index contributed by atoms with van der Waals surface area (Å²) in [5, 5.41) is 0. The van der Waals surface area contributed by atoms with Gasteiger partial charge in [-0.25, -0.2) is 4.99 Å². The van der Waals surface area contributed by atoms with Crippen LogP contribution in [0.3, 0.4) is 0 Å². The number of aromatic nitrogens is 2. The molecule has 0 atom stereocenters. The van der Waals surface area contributed by atoms with Crippen LogP contribution < -0.4 is 0 Å². The van der Waals surface area contributed by atoms with Crippen LogP contribution in [0.15, 0.2) is 40.9 Å². The summed E-state index contributed by atoms with van der Waals surface area (Å²) in [6.45, 7) is 3.72. The van der Waals surface area contributed by atoms with Crippen molar-refractivity contribution in [1.82, 2.24) is 9.97 Å². The van der Waals surface area contributed by atoms with Crippen LogP contribution in [0, 0.1) is 13.8 Å². The molecule has 7 nitrogen and oxygen atoms in total. The minimum absolute atomic E-state index is 0. The number of hydrogen-bond donors (Lipinski definition) is 2. The van der Waals surface area contributed by atoms with Crippen LogP contribution >= 0.6 is 12.4 Å². The first kappa shape index (κ1) is 22.2. The second-order valence-corrected chi connectivity index (χ2v) is 6.49. The first-order chi connectivity index (χ1) is 13.4. The van der Waals surface area contributed by atoms with Gasteiger partial charge in [-0.15, -0.1) is 12.4 Å². The molecule has 0 radical (unpaired) electrons. The predicted octanol–water partition coefficient (Wildman–Crippen LogP) is 3.89. The molecule has 2 aromatic rings. The second-order valence-electron chi connectivity index (χ2n) is 6.49. The number of carbonyl (C=O) groups is 2. The lowest BCUT2D eigenvalue weighted by Crippen LogP contribution is -2.07. The van der Waals surface area contributed by atoms with E-state index >= 15 is 0 Å². The molecule has 0 amide bonds. The number of methoxy groups -OCH3 is 2. The lowest BCUT2D eigenvalue weighted by Gasteiger charge is -2.03. The number of esters is 1. The van der Waals surface area contributed by atoms with E-state index in [0.29, 0.717) is 17.0 Å². The van der Waals surface area contributed by atoms with Crippen molar-refractivity contribution in [2.24, 2.45) is 4.99 Å². The number of ketones is 1. The fourth-order valence-electron chi connectivity index (χ4n) is 3.23. The first-order valence-corrected chi connectivity index (χ1v) is 8.94. The van der Waals surface area contributed by atoms with Crippen molar-refractivity contribution in [2.75, 3.05) is 14.2 Å². The molecule has 0 aliphatic carbocycles. The van der Waals surface area contributed by atoms with Gasteiger partial charge in [-0.2, -0.15) is 0 Å². The molecule has 2 N–H and O–H groups in total. The van der Waals surface area contributed by atoms with Crippen LogP contribution in [-0.4, -0.2) is 41.7 Å². The summed E-state index contributed by atoms with van der Waals surface area (Å²) in [5.74, 6) is 0.161. The summed E-state index contributed by atoms with van der Waals surface area (Å²) in [7, 11) is 2.91. The molecule has 0 bridgehead atoms. The molecule has 0 aromatic carbocycles. The number of hydrogen-bond acceptors (Lipinski definition) is 5. The molecular weight excluding hydrogens is 394 g/mol. The molecular formula is C21H24ClN3O4. The molecule has 154 valence electrons. The van der Waals surface area contributed by atoms with Gasteiger partial charge >= 0.3 is 5.97 Å². The average molecular weight is 418 g/mol. The third-order valence-corrected chi connectivity index (χ3v) is 4.67. The van der Waals surface area contributed by atoms with Crippen LogP contribution in [0.4, 0.5) is 0 Å². The molecule has 3 rings (SSSR count). The van der Waals surface area contributed by atoms with Gasteiger partial charge in [0.05, 0.1) is 32.0 Å². The van der Waals surface area contributed by atoms with Gasteiger partial charge in [-0.1, -0.05) is 0 Å². The zero-order valence-electron chi connectivity index (χ0n) is 16.8. The number of nitrogens with zero attached hydrogens (tertiary/aromatic N) is 1. The number of ether oxygens (including phenoxy) is 2.